The summed E-state index contributed by atoms with van der Waals surface area (Å²) in [5.41, 5.74) is 6.37. The number of likely N-dealkylation sites (N-methyl/N-ethyl adjacent to an activating group) is 1. The SMILES string of the molecule is COc1nc(N2CC(C)N(C)C(C)C2)ccc1N. The molecule has 5 heteroatoms. The van der Waals surface area contributed by atoms with Gasteiger partial charge < -0.3 is 15.4 Å². The highest BCUT2D eigenvalue weighted by atomic mass is 16.5. The van der Waals surface area contributed by atoms with Crippen LogP contribution in [0.3, 0.4) is 0 Å². The molecule has 0 amide bonds. The zero-order chi connectivity index (χ0) is 13.3. The summed E-state index contributed by atoms with van der Waals surface area (Å²) in [5.74, 6) is 1.44. The van der Waals surface area contributed by atoms with Gasteiger partial charge in [0.1, 0.15) is 5.82 Å². The highest BCUT2D eigenvalue weighted by Gasteiger charge is 2.27. The van der Waals surface area contributed by atoms with Crippen LogP contribution in [0.2, 0.25) is 0 Å². The second kappa shape index (κ2) is 5.02. The standard InChI is InChI=1S/C13H22N4O/c1-9-7-17(8-10(2)16(9)3)12-6-5-11(14)13(15-12)18-4/h5-6,9-10H,7-8,14H2,1-4H3. The van der Waals surface area contributed by atoms with Crippen LogP contribution >= 0.6 is 0 Å². The normalized spacial score (nSPS) is 25.2. The molecule has 2 atom stereocenters. The Hall–Kier alpha value is -1.49. The van der Waals surface area contributed by atoms with Crippen molar-refractivity contribution in [3.05, 3.63) is 12.1 Å². The van der Waals surface area contributed by atoms with Crippen molar-refractivity contribution in [1.29, 1.82) is 0 Å². The Morgan fingerprint density at radius 2 is 1.89 bits per heavy atom. The first-order chi connectivity index (χ1) is 8.52. The second-order valence-electron chi connectivity index (χ2n) is 5.04. The minimum atomic E-state index is 0.506. The van der Waals surface area contributed by atoms with E-state index in [1.807, 2.05) is 12.1 Å². The number of rotatable bonds is 2. The van der Waals surface area contributed by atoms with Gasteiger partial charge in [-0.1, -0.05) is 0 Å². The number of aromatic nitrogens is 1. The third-order valence-corrected chi connectivity index (χ3v) is 3.75. The molecule has 18 heavy (non-hydrogen) atoms. The van der Waals surface area contributed by atoms with E-state index in [0.29, 0.717) is 23.7 Å². The molecule has 0 aromatic carbocycles. The van der Waals surface area contributed by atoms with Gasteiger partial charge in [-0.3, -0.25) is 4.90 Å². The Labute approximate surface area is 109 Å². The fraction of sp³-hybridized carbons (Fsp3) is 0.615. The molecule has 1 aliphatic rings. The third kappa shape index (κ3) is 2.36. The maximum atomic E-state index is 5.79. The number of nitrogens with zero attached hydrogens (tertiary/aromatic N) is 3. The van der Waals surface area contributed by atoms with Crippen LogP contribution in [0.15, 0.2) is 12.1 Å². The molecule has 100 valence electrons. The van der Waals surface area contributed by atoms with Crippen LogP contribution < -0.4 is 15.4 Å². The summed E-state index contributed by atoms with van der Waals surface area (Å²) in [6.07, 6.45) is 0. The fourth-order valence-electron chi connectivity index (χ4n) is 2.37. The quantitative estimate of drug-likeness (QED) is 0.855. The molecule has 0 bridgehead atoms. The van der Waals surface area contributed by atoms with Crippen molar-refractivity contribution >= 4 is 11.5 Å². The van der Waals surface area contributed by atoms with Gasteiger partial charge in [0.25, 0.3) is 0 Å². The predicted octanol–water partition coefficient (Wildman–Crippen LogP) is 1.20. The Morgan fingerprint density at radius 3 is 2.44 bits per heavy atom. The Balaban J connectivity index is 2.21. The highest BCUT2D eigenvalue weighted by Crippen LogP contribution is 2.25. The van der Waals surface area contributed by atoms with Crippen molar-refractivity contribution < 1.29 is 4.74 Å². The number of nitrogens with two attached hydrogens (primary N) is 1. The molecule has 0 saturated carbocycles. The first-order valence-electron chi connectivity index (χ1n) is 6.30. The minimum Gasteiger partial charge on any atom is -0.479 e. The molecule has 0 radical (unpaired) electrons. The van der Waals surface area contributed by atoms with Crippen LogP contribution in [0.1, 0.15) is 13.8 Å². The van der Waals surface area contributed by atoms with Gasteiger partial charge in [-0.05, 0) is 33.0 Å². The molecule has 1 aromatic rings. The number of anilines is 2. The van der Waals surface area contributed by atoms with E-state index in [-0.39, 0.29) is 0 Å². The predicted molar refractivity (Wildman–Crippen MR) is 74.1 cm³/mol. The van der Waals surface area contributed by atoms with Gasteiger partial charge in [-0.25, -0.2) is 0 Å². The van der Waals surface area contributed by atoms with E-state index in [1.54, 1.807) is 7.11 Å². The van der Waals surface area contributed by atoms with E-state index in [9.17, 15) is 0 Å². The van der Waals surface area contributed by atoms with Crippen LogP contribution in [-0.4, -0.2) is 49.2 Å². The lowest BCUT2D eigenvalue weighted by Gasteiger charge is -2.43. The molecule has 2 N–H and O–H groups in total. The van der Waals surface area contributed by atoms with Crippen molar-refractivity contribution in [2.24, 2.45) is 0 Å². The molecule has 1 aromatic heterocycles. The fourth-order valence-corrected chi connectivity index (χ4v) is 2.37. The Kier molecular flexibility index (Phi) is 3.61. The van der Waals surface area contributed by atoms with E-state index < -0.39 is 0 Å². The van der Waals surface area contributed by atoms with Gasteiger partial charge in [-0.2, -0.15) is 4.98 Å². The molecule has 1 saturated heterocycles. The van der Waals surface area contributed by atoms with Crippen LogP contribution in [0.5, 0.6) is 5.88 Å². The molecule has 2 heterocycles. The molecule has 5 nitrogen and oxygen atoms in total. The average Bonchev–Trinajstić information content (AvgIpc) is 2.36. The van der Waals surface area contributed by atoms with Gasteiger partial charge in [0.15, 0.2) is 0 Å². The number of hydrogen-bond acceptors (Lipinski definition) is 5. The average molecular weight is 250 g/mol. The smallest absolute Gasteiger partial charge is 0.238 e. The minimum absolute atomic E-state index is 0.506. The summed E-state index contributed by atoms with van der Waals surface area (Å²) in [6, 6.07) is 4.84. The van der Waals surface area contributed by atoms with Crippen LogP contribution in [0.25, 0.3) is 0 Å². The Morgan fingerprint density at radius 1 is 1.28 bits per heavy atom. The first kappa shape index (κ1) is 13.0. The van der Waals surface area contributed by atoms with Crippen molar-refractivity contribution in [3.63, 3.8) is 0 Å². The summed E-state index contributed by atoms with van der Waals surface area (Å²) in [5, 5.41) is 0. The Bertz CT molecular complexity index is 411. The van der Waals surface area contributed by atoms with E-state index in [1.165, 1.54) is 0 Å². The van der Waals surface area contributed by atoms with Crippen molar-refractivity contribution in [3.8, 4) is 5.88 Å². The lowest BCUT2D eigenvalue weighted by atomic mass is 10.1. The van der Waals surface area contributed by atoms with Gasteiger partial charge >= 0.3 is 0 Å². The number of pyridine rings is 1. The van der Waals surface area contributed by atoms with Crippen molar-refractivity contribution in [2.45, 2.75) is 25.9 Å². The van der Waals surface area contributed by atoms with E-state index in [2.05, 4.69) is 35.7 Å². The summed E-state index contributed by atoms with van der Waals surface area (Å²) in [4.78, 5) is 9.15. The molecule has 1 fully saturated rings. The summed E-state index contributed by atoms with van der Waals surface area (Å²) < 4.78 is 5.18. The molecule has 2 rings (SSSR count). The summed E-state index contributed by atoms with van der Waals surface area (Å²) in [7, 11) is 3.77. The first-order valence-corrected chi connectivity index (χ1v) is 6.30. The summed E-state index contributed by atoms with van der Waals surface area (Å²) >= 11 is 0. The molecule has 2 unspecified atom stereocenters. The molecular weight excluding hydrogens is 228 g/mol. The van der Waals surface area contributed by atoms with Crippen molar-refractivity contribution in [1.82, 2.24) is 9.88 Å². The number of ether oxygens (including phenoxy) is 1. The second-order valence-corrected chi connectivity index (χ2v) is 5.04. The molecule has 1 aliphatic heterocycles. The van der Waals surface area contributed by atoms with Gasteiger partial charge in [0, 0.05) is 25.2 Å². The highest BCUT2D eigenvalue weighted by molar-refractivity contribution is 5.54. The van der Waals surface area contributed by atoms with Gasteiger partial charge in [0.2, 0.25) is 5.88 Å². The number of nitrogen functional groups attached to an aromatic ring is 1. The third-order valence-electron chi connectivity index (χ3n) is 3.75. The maximum Gasteiger partial charge on any atom is 0.238 e. The topological polar surface area (TPSA) is 54.6 Å². The number of methoxy groups -OCH3 is 1. The molecule has 0 spiro atoms. The number of piperazine rings is 1. The largest absolute Gasteiger partial charge is 0.479 e. The molecular formula is C13H22N4O. The van der Waals surface area contributed by atoms with E-state index in [0.717, 1.165) is 18.9 Å². The van der Waals surface area contributed by atoms with Gasteiger partial charge in [0.05, 0.1) is 12.8 Å². The van der Waals surface area contributed by atoms with E-state index >= 15 is 0 Å². The maximum absolute atomic E-state index is 5.79. The van der Waals surface area contributed by atoms with Gasteiger partial charge in [-0.15, -0.1) is 0 Å². The monoisotopic (exact) mass is 250 g/mol. The zero-order valence-corrected chi connectivity index (χ0v) is 11.6. The van der Waals surface area contributed by atoms with Crippen LogP contribution in [-0.2, 0) is 0 Å². The lowest BCUT2D eigenvalue weighted by molar-refractivity contribution is 0.169. The lowest BCUT2D eigenvalue weighted by Crippen LogP contribution is -2.55. The van der Waals surface area contributed by atoms with Crippen LogP contribution in [0, 0.1) is 0 Å². The molecule has 0 aliphatic carbocycles. The van der Waals surface area contributed by atoms with Crippen molar-refractivity contribution in [2.75, 3.05) is 37.9 Å². The summed E-state index contributed by atoms with van der Waals surface area (Å²) in [6.45, 7) is 6.41. The number of hydrogen-bond donors (Lipinski definition) is 1. The van der Waals surface area contributed by atoms with Crippen LogP contribution in [0.4, 0.5) is 11.5 Å². The van der Waals surface area contributed by atoms with E-state index in [4.69, 9.17) is 10.5 Å². The zero-order valence-electron chi connectivity index (χ0n) is 11.6.